The third kappa shape index (κ3) is 2.80. The van der Waals surface area contributed by atoms with Gasteiger partial charge in [-0.2, -0.15) is 0 Å². The minimum Gasteiger partial charge on any atom is -0.424 e. The first-order valence-corrected chi connectivity index (χ1v) is 5.93. The van der Waals surface area contributed by atoms with Crippen molar-refractivity contribution in [2.75, 3.05) is 13.2 Å². The fraction of sp³-hybridized carbons (Fsp3) is 0.818. The second-order valence-electron chi connectivity index (χ2n) is 4.35. The van der Waals surface area contributed by atoms with Gasteiger partial charge in [0.25, 0.3) is 0 Å². The third-order valence-corrected chi connectivity index (χ3v) is 3.10. The summed E-state index contributed by atoms with van der Waals surface area (Å²) in [4.78, 5) is 2.34. The third-order valence-electron chi connectivity index (χ3n) is 3.10. The Bertz CT molecular complexity index is 323. The summed E-state index contributed by atoms with van der Waals surface area (Å²) in [5.41, 5.74) is 0. The van der Waals surface area contributed by atoms with Crippen LogP contribution in [0.15, 0.2) is 4.42 Å². The standard InChI is InChI=1S/C11H19N3O2/c1-9-12-13-11(16-9)8-14(6-3-7-15)10-4-2-5-10/h10,15H,2-8H2,1H3. The van der Waals surface area contributed by atoms with Crippen LogP contribution in [0, 0.1) is 6.92 Å². The number of aryl methyl sites for hydroxylation is 1. The minimum absolute atomic E-state index is 0.242. The molecule has 1 aromatic rings. The topological polar surface area (TPSA) is 62.4 Å². The molecule has 1 aliphatic rings. The fourth-order valence-corrected chi connectivity index (χ4v) is 1.99. The maximum atomic E-state index is 8.88. The van der Waals surface area contributed by atoms with Gasteiger partial charge in [-0.15, -0.1) is 10.2 Å². The van der Waals surface area contributed by atoms with Gasteiger partial charge in [-0.1, -0.05) is 6.42 Å². The van der Waals surface area contributed by atoms with Gasteiger partial charge < -0.3 is 9.52 Å². The highest BCUT2D eigenvalue weighted by atomic mass is 16.4. The average molecular weight is 225 g/mol. The minimum atomic E-state index is 0.242. The van der Waals surface area contributed by atoms with Gasteiger partial charge in [-0.3, -0.25) is 4.90 Å². The molecule has 0 atom stereocenters. The predicted molar refractivity (Wildman–Crippen MR) is 58.8 cm³/mol. The fourth-order valence-electron chi connectivity index (χ4n) is 1.99. The van der Waals surface area contributed by atoms with Gasteiger partial charge >= 0.3 is 0 Å². The molecule has 90 valence electrons. The number of nitrogens with zero attached hydrogens (tertiary/aromatic N) is 3. The molecule has 1 aliphatic carbocycles. The van der Waals surface area contributed by atoms with Crippen molar-refractivity contribution < 1.29 is 9.52 Å². The molecule has 1 aromatic heterocycles. The summed E-state index contributed by atoms with van der Waals surface area (Å²) in [6.45, 7) is 3.66. The molecule has 0 bridgehead atoms. The van der Waals surface area contributed by atoms with Crippen LogP contribution < -0.4 is 0 Å². The van der Waals surface area contributed by atoms with Crippen LogP contribution in [0.5, 0.6) is 0 Å². The lowest BCUT2D eigenvalue weighted by Crippen LogP contribution is -2.40. The molecule has 1 saturated carbocycles. The molecule has 1 N–H and O–H groups in total. The molecule has 0 saturated heterocycles. The molecule has 0 unspecified atom stereocenters. The number of aliphatic hydroxyl groups excluding tert-OH is 1. The van der Waals surface area contributed by atoms with E-state index < -0.39 is 0 Å². The number of aromatic nitrogens is 2. The van der Waals surface area contributed by atoms with Crippen LogP contribution in [-0.4, -0.2) is 39.4 Å². The molecule has 16 heavy (non-hydrogen) atoms. The van der Waals surface area contributed by atoms with Gasteiger partial charge in [-0.05, 0) is 19.3 Å². The molecule has 1 heterocycles. The zero-order valence-electron chi connectivity index (χ0n) is 9.72. The van der Waals surface area contributed by atoms with Gasteiger partial charge in [-0.25, -0.2) is 0 Å². The second kappa shape index (κ2) is 5.41. The molecule has 5 heteroatoms. The molecular weight excluding hydrogens is 206 g/mol. The maximum Gasteiger partial charge on any atom is 0.230 e. The Hall–Kier alpha value is -0.940. The number of rotatable bonds is 6. The zero-order valence-corrected chi connectivity index (χ0v) is 9.72. The van der Waals surface area contributed by atoms with Crippen molar-refractivity contribution >= 4 is 0 Å². The van der Waals surface area contributed by atoms with Gasteiger partial charge in [0, 0.05) is 26.1 Å². The number of aliphatic hydroxyl groups is 1. The van der Waals surface area contributed by atoms with Crippen molar-refractivity contribution in [3.8, 4) is 0 Å². The highest BCUT2D eigenvalue weighted by molar-refractivity contribution is 4.85. The van der Waals surface area contributed by atoms with Gasteiger partial charge in [0.1, 0.15) is 0 Å². The Labute approximate surface area is 95.5 Å². The molecule has 0 amide bonds. The summed E-state index contributed by atoms with van der Waals surface area (Å²) in [6, 6.07) is 0.638. The molecule has 5 nitrogen and oxygen atoms in total. The van der Waals surface area contributed by atoms with Crippen molar-refractivity contribution in [1.29, 1.82) is 0 Å². The Morgan fingerprint density at radius 1 is 1.44 bits per heavy atom. The van der Waals surface area contributed by atoms with E-state index in [2.05, 4.69) is 15.1 Å². The highest BCUT2D eigenvalue weighted by Gasteiger charge is 2.25. The summed E-state index contributed by atoms with van der Waals surface area (Å²) < 4.78 is 5.39. The lowest BCUT2D eigenvalue weighted by Gasteiger charge is -2.36. The molecule has 1 fully saturated rings. The summed E-state index contributed by atoms with van der Waals surface area (Å²) in [5, 5.41) is 16.7. The first kappa shape index (κ1) is 11.5. The molecule has 0 aliphatic heterocycles. The molecule has 2 rings (SSSR count). The summed E-state index contributed by atoms with van der Waals surface area (Å²) in [7, 11) is 0. The van der Waals surface area contributed by atoms with Gasteiger partial charge in [0.05, 0.1) is 6.54 Å². The van der Waals surface area contributed by atoms with Crippen LogP contribution in [0.1, 0.15) is 37.5 Å². The summed E-state index contributed by atoms with van der Waals surface area (Å²) >= 11 is 0. The molecular formula is C11H19N3O2. The molecule has 0 spiro atoms. The second-order valence-corrected chi connectivity index (χ2v) is 4.35. The van der Waals surface area contributed by atoms with E-state index in [0.29, 0.717) is 24.4 Å². The van der Waals surface area contributed by atoms with Crippen LogP contribution >= 0.6 is 0 Å². The quantitative estimate of drug-likeness (QED) is 0.786. The van der Waals surface area contributed by atoms with Crippen molar-refractivity contribution in [3.63, 3.8) is 0 Å². The zero-order chi connectivity index (χ0) is 11.4. The van der Waals surface area contributed by atoms with Crippen LogP contribution in [0.4, 0.5) is 0 Å². The van der Waals surface area contributed by atoms with Crippen LogP contribution in [0.3, 0.4) is 0 Å². The largest absolute Gasteiger partial charge is 0.424 e. The SMILES string of the molecule is Cc1nnc(CN(CCCO)C2CCC2)o1. The summed E-state index contributed by atoms with van der Waals surface area (Å²) in [6.07, 6.45) is 4.61. The van der Waals surface area contributed by atoms with Crippen molar-refractivity contribution in [2.24, 2.45) is 0 Å². The Morgan fingerprint density at radius 2 is 2.25 bits per heavy atom. The highest BCUT2D eigenvalue weighted by Crippen LogP contribution is 2.26. The predicted octanol–water partition coefficient (Wildman–Crippen LogP) is 1.11. The van der Waals surface area contributed by atoms with Gasteiger partial charge in [0.15, 0.2) is 0 Å². The van der Waals surface area contributed by atoms with Crippen molar-refractivity contribution in [2.45, 2.75) is 45.2 Å². The molecule has 0 aromatic carbocycles. The van der Waals surface area contributed by atoms with E-state index in [-0.39, 0.29) is 6.61 Å². The number of hydrogen-bond donors (Lipinski definition) is 1. The van der Waals surface area contributed by atoms with Gasteiger partial charge in [0.2, 0.25) is 11.8 Å². The Kier molecular flexibility index (Phi) is 3.90. The number of hydrogen-bond acceptors (Lipinski definition) is 5. The smallest absolute Gasteiger partial charge is 0.230 e. The van der Waals surface area contributed by atoms with Crippen LogP contribution in [0.25, 0.3) is 0 Å². The monoisotopic (exact) mass is 225 g/mol. The first-order chi connectivity index (χ1) is 7.79. The van der Waals surface area contributed by atoms with E-state index in [1.165, 1.54) is 19.3 Å². The summed E-state index contributed by atoms with van der Waals surface area (Å²) in [5.74, 6) is 1.30. The van der Waals surface area contributed by atoms with E-state index in [1.807, 2.05) is 0 Å². The van der Waals surface area contributed by atoms with E-state index in [1.54, 1.807) is 6.92 Å². The molecule has 0 radical (unpaired) electrons. The van der Waals surface area contributed by atoms with E-state index in [0.717, 1.165) is 13.0 Å². The lowest BCUT2D eigenvalue weighted by atomic mass is 9.91. The first-order valence-electron chi connectivity index (χ1n) is 5.93. The van der Waals surface area contributed by atoms with Crippen LogP contribution in [-0.2, 0) is 6.54 Å². The van der Waals surface area contributed by atoms with Crippen LogP contribution in [0.2, 0.25) is 0 Å². The Morgan fingerprint density at radius 3 is 2.75 bits per heavy atom. The van der Waals surface area contributed by atoms with Crippen molar-refractivity contribution in [1.82, 2.24) is 15.1 Å². The van der Waals surface area contributed by atoms with E-state index in [4.69, 9.17) is 9.52 Å². The maximum absolute atomic E-state index is 8.88. The van der Waals surface area contributed by atoms with Crippen molar-refractivity contribution in [3.05, 3.63) is 11.8 Å². The average Bonchev–Trinajstić information content (AvgIpc) is 2.58. The lowest BCUT2D eigenvalue weighted by molar-refractivity contribution is 0.0992. The van der Waals surface area contributed by atoms with E-state index in [9.17, 15) is 0 Å². The normalized spacial score (nSPS) is 16.7. The van der Waals surface area contributed by atoms with E-state index >= 15 is 0 Å². The Balaban J connectivity index is 1.90.